The smallest absolute Gasteiger partial charge is 0.299 e. The minimum atomic E-state index is -3.86. The Labute approximate surface area is 174 Å². The number of anilines is 2. The summed E-state index contributed by atoms with van der Waals surface area (Å²) in [6.07, 6.45) is 0. The van der Waals surface area contributed by atoms with E-state index in [0.717, 1.165) is 24.1 Å². The molecule has 1 heterocycles. The first-order valence-electron chi connectivity index (χ1n) is 8.58. The Morgan fingerprint density at radius 1 is 1.25 bits per heavy atom. The van der Waals surface area contributed by atoms with Crippen LogP contribution in [0.5, 0.6) is 0 Å². The third kappa shape index (κ3) is 5.66. The van der Waals surface area contributed by atoms with Crippen LogP contribution in [0.2, 0.25) is 0 Å². The zero-order chi connectivity index (χ0) is 21.1. The van der Waals surface area contributed by atoms with Crippen molar-refractivity contribution >= 4 is 50.0 Å². The molecule has 0 aliphatic heterocycles. The summed E-state index contributed by atoms with van der Waals surface area (Å²) in [7, 11) is -0.988. The van der Waals surface area contributed by atoms with Crippen molar-refractivity contribution in [3.05, 3.63) is 29.3 Å². The standard InChI is InChI=1S/C17H25N5O3S3/c1-11(2)26-17-20-19-16(27-17)18-15(23)10-22(28(24,25)21(5)6)14-9-12(3)7-8-13(14)4/h7-9,11H,10H2,1-6H3,(H,18,19,23). The Kier molecular flexibility index (Phi) is 7.43. The number of amides is 1. The summed E-state index contributed by atoms with van der Waals surface area (Å²) in [5.74, 6) is -0.483. The third-order valence-electron chi connectivity index (χ3n) is 3.65. The van der Waals surface area contributed by atoms with Gasteiger partial charge in [-0.3, -0.25) is 10.1 Å². The number of hydrogen-bond donors (Lipinski definition) is 1. The van der Waals surface area contributed by atoms with E-state index in [2.05, 4.69) is 15.5 Å². The van der Waals surface area contributed by atoms with Crippen molar-refractivity contribution in [1.29, 1.82) is 0 Å². The summed E-state index contributed by atoms with van der Waals surface area (Å²) in [6.45, 7) is 7.40. The summed E-state index contributed by atoms with van der Waals surface area (Å²) in [5.41, 5.74) is 2.13. The molecule has 0 aliphatic carbocycles. The second-order valence-corrected chi connectivity index (χ2v) is 11.5. The topological polar surface area (TPSA) is 95.5 Å². The molecule has 0 saturated carbocycles. The zero-order valence-corrected chi connectivity index (χ0v) is 19.2. The van der Waals surface area contributed by atoms with Crippen molar-refractivity contribution in [3.8, 4) is 0 Å². The summed E-state index contributed by atoms with van der Waals surface area (Å²) >= 11 is 2.81. The van der Waals surface area contributed by atoms with Gasteiger partial charge in [-0.05, 0) is 31.0 Å². The highest BCUT2D eigenvalue weighted by Crippen LogP contribution is 2.29. The number of nitrogens with one attached hydrogen (secondary N) is 1. The molecule has 2 rings (SSSR count). The van der Waals surface area contributed by atoms with Gasteiger partial charge in [0.2, 0.25) is 11.0 Å². The highest BCUT2D eigenvalue weighted by molar-refractivity contribution is 8.01. The van der Waals surface area contributed by atoms with E-state index < -0.39 is 16.1 Å². The van der Waals surface area contributed by atoms with Crippen LogP contribution in [0.3, 0.4) is 0 Å². The maximum Gasteiger partial charge on any atom is 0.304 e. The van der Waals surface area contributed by atoms with Gasteiger partial charge in [-0.25, -0.2) is 4.31 Å². The van der Waals surface area contributed by atoms with Crippen molar-refractivity contribution in [3.63, 3.8) is 0 Å². The van der Waals surface area contributed by atoms with E-state index in [9.17, 15) is 13.2 Å². The van der Waals surface area contributed by atoms with Gasteiger partial charge >= 0.3 is 10.2 Å². The highest BCUT2D eigenvalue weighted by atomic mass is 32.2. The van der Waals surface area contributed by atoms with Crippen LogP contribution in [0.15, 0.2) is 22.5 Å². The summed E-state index contributed by atoms with van der Waals surface area (Å²) in [6, 6.07) is 5.49. The lowest BCUT2D eigenvalue weighted by atomic mass is 10.1. The van der Waals surface area contributed by atoms with E-state index in [4.69, 9.17) is 0 Å². The molecule has 1 aromatic carbocycles. The van der Waals surface area contributed by atoms with E-state index in [-0.39, 0.29) is 6.54 Å². The summed E-state index contributed by atoms with van der Waals surface area (Å²) < 4.78 is 28.6. The Morgan fingerprint density at radius 3 is 2.54 bits per heavy atom. The van der Waals surface area contributed by atoms with E-state index in [1.54, 1.807) is 17.8 Å². The molecule has 0 radical (unpaired) electrons. The summed E-state index contributed by atoms with van der Waals surface area (Å²) in [5, 5.41) is 11.3. The van der Waals surface area contributed by atoms with E-state index in [0.29, 0.717) is 16.1 Å². The Morgan fingerprint density at radius 2 is 1.93 bits per heavy atom. The van der Waals surface area contributed by atoms with Gasteiger partial charge in [0.05, 0.1) is 5.69 Å². The lowest BCUT2D eigenvalue weighted by Crippen LogP contribution is -2.44. The van der Waals surface area contributed by atoms with Crippen LogP contribution in [0.4, 0.5) is 10.8 Å². The number of rotatable bonds is 8. The largest absolute Gasteiger partial charge is 0.304 e. The van der Waals surface area contributed by atoms with Gasteiger partial charge in [0.15, 0.2) is 4.34 Å². The Hall–Kier alpha value is -1.69. The number of aryl methyl sites for hydroxylation is 2. The van der Waals surface area contributed by atoms with Crippen molar-refractivity contribution in [2.75, 3.05) is 30.3 Å². The molecule has 0 spiro atoms. The van der Waals surface area contributed by atoms with Gasteiger partial charge < -0.3 is 0 Å². The summed E-state index contributed by atoms with van der Waals surface area (Å²) in [4.78, 5) is 12.6. The molecule has 1 aromatic heterocycles. The van der Waals surface area contributed by atoms with Gasteiger partial charge in [0, 0.05) is 19.3 Å². The van der Waals surface area contributed by atoms with Gasteiger partial charge in [-0.2, -0.15) is 12.7 Å². The normalized spacial score (nSPS) is 11.9. The second-order valence-electron chi connectivity index (χ2n) is 6.67. The van der Waals surface area contributed by atoms with E-state index in [1.807, 2.05) is 39.8 Å². The first-order valence-corrected chi connectivity index (χ1v) is 11.7. The predicted molar refractivity (Wildman–Crippen MR) is 115 cm³/mol. The molecule has 0 aliphatic rings. The van der Waals surface area contributed by atoms with Crippen molar-refractivity contribution in [1.82, 2.24) is 14.5 Å². The average molecular weight is 444 g/mol. The Bertz CT molecular complexity index is 941. The predicted octanol–water partition coefficient (Wildman–Crippen LogP) is 2.91. The van der Waals surface area contributed by atoms with Gasteiger partial charge in [-0.1, -0.05) is 49.1 Å². The molecular weight excluding hydrogens is 418 g/mol. The number of nitrogens with zero attached hydrogens (tertiary/aromatic N) is 4. The van der Waals surface area contributed by atoms with Crippen LogP contribution < -0.4 is 9.62 Å². The SMILES string of the molecule is Cc1ccc(C)c(N(CC(=O)Nc2nnc(SC(C)C)s2)S(=O)(=O)N(C)C)c1. The molecule has 1 amide bonds. The minimum Gasteiger partial charge on any atom is -0.299 e. The maximum atomic E-state index is 12.9. The zero-order valence-electron chi connectivity index (χ0n) is 16.8. The fraction of sp³-hybridized carbons (Fsp3) is 0.471. The average Bonchev–Trinajstić information content (AvgIpc) is 3.00. The molecule has 0 saturated heterocycles. The van der Waals surface area contributed by atoms with Crippen LogP contribution in [-0.2, 0) is 15.0 Å². The first-order chi connectivity index (χ1) is 13.0. The molecule has 28 heavy (non-hydrogen) atoms. The van der Waals surface area contributed by atoms with Gasteiger partial charge in [0.1, 0.15) is 6.54 Å². The minimum absolute atomic E-state index is 0.344. The fourth-order valence-corrected chi connectivity index (χ4v) is 5.39. The molecule has 2 aromatic rings. The molecular formula is C17H25N5O3S3. The van der Waals surface area contributed by atoms with Crippen LogP contribution in [0, 0.1) is 13.8 Å². The third-order valence-corrected chi connectivity index (χ3v) is 7.38. The lowest BCUT2D eigenvalue weighted by molar-refractivity contribution is -0.114. The molecule has 154 valence electrons. The monoisotopic (exact) mass is 443 g/mol. The first kappa shape index (κ1) is 22.6. The van der Waals surface area contributed by atoms with Crippen molar-refractivity contribution in [2.24, 2.45) is 0 Å². The molecule has 0 unspecified atom stereocenters. The van der Waals surface area contributed by atoms with Gasteiger partial charge in [0.25, 0.3) is 0 Å². The van der Waals surface area contributed by atoms with Crippen LogP contribution in [-0.4, -0.2) is 54.7 Å². The lowest BCUT2D eigenvalue weighted by Gasteiger charge is -2.28. The van der Waals surface area contributed by atoms with Crippen LogP contribution in [0.25, 0.3) is 0 Å². The molecule has 0 bridgehead atoms. The fourth-order valence-electron chi connectivity index (χ4n) is 2.28. The number of aromatic nitrogens is 2. The number of carbonyl (C=O) groups excluding carboxylic acids is 1. The van der Waals surface area contributed by atoms with Crippen molar-refractivity contribution in [2.45, 2.75) is 37.3 Å². The van der Waals surface area contributed by atoms with Crippen LogP contribution >= 0.6 is 23.1 Å². The molecule has 0 atom stereocenters. The number of hydrogen-bond acceptors (Lipinski definition) is 7. The van der Waals surface area contributed by atoms with Crippen molar-refractivity contribution < 1.29 is 13.2 Å². The van der Waals surface area contributed by atoms with E-state index >= 15 is 0 Å². The van der Waals surface area contributed by atoms with E-state index in [1.165, 1.54) is 25.4 Å². The molecule has 8 nitrogen and oxygen atoms in total. The highest BCUT2D eigenvalue weighted by Gasteiger charge is 2.28. The Balaban J connectivity index is 2.26. The number of carbonyl (C=O) groups is 1. The molecule has 0 fully saturated rings. The number of thioether (sulfide) groups is 1. The van der Waals surface area contributed by atoms with Gasteiger partial charge in [-0.15, -0.1) is 10.2 Å². The maximum absolute atomic E-state index is 12.9. The number of benzene rings is 1. The second kappa shape index (κ2) is 9.21. The molecule has 1 N–H and O–H groups in total. The molecule has 11 heteroatoms. The quantitative estimate of drug-likeness (QED) is 0.498. The van der Waals surface area contributed by atoms with Crippen LogP contribution in [0.1, 0.15) is 25.0 Å².